The molecule has 2 unspecified atom stereocenters. The van der Waals surface area contributed by atoms with Crippen LogP contribution in [0.3, 0.4) is 0 Å². The number of rotatable bonds is 12. The van der Waals surface area contributed by atoms with Crippen LogP contribution >= 0.6 is 31.9 Å². The highest BCUT2D eigenvalue weighted by Gasteiger charge is 2.11. The summed E-state index contributed by atoms with van der Waals surface area (Å²) in [5.74, 6) is -1.50. The second-order valence-corrected chi connectivity index (χ2v) is 7.52. The van der Waals surface area contributed by atoms with Crippen LogP contribution in [0.4, 0.5) is 0 Å². The summed E-state index contributed by atoms with van der Waals surface area (Å²) in [5, 5.41) is 17.0. The fourth-order valence-electron chi connectivity index (χ4n) is 1.75. The van der Waals surface area contributed by atoms with Crippen LogP contribution in [0.15, 0.2) is 0 Å². The van der Waals surface area contributed by atoms with Gasteiger partial charge in [0.25, 0.3) is 0 Å². The molecule has 4 nitrogen and oxygen atoms in total. The first kappa shape index (κ1) is 24.2. The zero-order valence-corrected chi connectivity index (χ0v) is 16.9. The monoisotopic (exact) mass is 444 g/mol. The van der Waals surface area contributed by atoms with E-state index in [1.54, 1.807) is 0 Å². The molecule has 0 aromatic rings. The third-order valence-corrected chi connectivity index (χ3v) is 4.86. The zero-order valence-electron chi connectivity index (χ0n) is 13.7. The lowest BCUT2D eigenvalue weighted by Gasteiger charge is -2.02. The fourth-order valence-corrected chi connectivity index (χ4v) is 2.40. The molecule has 0 aromatic carbocycles. The van der Waals surface area contributed by atoms with Gasteiger partial charge in [0.1, 0.15) is 9.65 Å². The van der Waals surface area contributed by atoms with E-state index < -0.39 is 11.9 Å². The van der Waals surface area contributed by atoms with E-state index in [0.29, 0.717) is 0 Å². The van der Waals surface area contributed by atoms with Crippen molar-refractivity contribution >= 4 is 43.8 Å². The van der Waals surface area contributed by atoms with Crippen molar-refractivity contribution in [2.45, 2.75) is 87.7 Å². The van der Waals surface area contributed by atoms with E-state index in [1.165, 1.54) is 25.7 Å². The summed E-state index contributed by atoms with van der Waals surface area (Å²) in [6.45, 7) is 4.28. The van der Waals surface area contributed by atoms with Gasteiger partial charge in [-0.05, 0) is 12.8 Å². The molecule has 0 bridgehead atoms. The maximum atomic E-state index is 10.3. The SMILES string of the molecule is CCCCCCC(Br)C(=O)O.CCCCCCC(Br)C(=O)O. The van der Waals surface area contributed by atoms with Crippen molar-refractivity contribution in [1.82, 2.24) is 0 Å². The largest absolute Gasteiger partial charge is 0.480 e. The van der Waals surface area contributed by atoms with Gasteiger partial charge in [-0.3, -0.25) is 9.59 Å². The molecule has 0 fully saturated rings. The molecule has 132 valence electrons. The zero-order chi connectivity index (χ0) is 17.4. The topological polar surface area (TPSA) is 74.6 Å². The summed E-state index contributed by atoms with van der Waals surface area (Å²) in [6, 6.07) is 0. The highest BCUT2D eigenvalue weighted by Crippen LogP contribution is 2.12. The molecule has 0 radical (unpaired) electrons. The number of carboxylic acids is 2. The maximum Gasteiger partial charge on any atom is 0.317 e. The van der Waals surface area contributed by atoms with Crippen molar-refractivity contribution < 1.29 is 19.8 Å². The third-order valence-electron chi connectivity index (χ3n) is 3.16. The summed E-state index contributed by atoms with van der Waals surface area (Å²) in [5.41, 5.74) is 0. The summed E-state index contributed by atoms with van der Waals surface area (Å²) in [7, 11) is 0. The number of carboxylic acid groups (broad SMARTS) is 2. The number of carbonyl (C=O) groups is 2. The van der Waals surface area contributed by atoms with E-state index >= 15 is 0 Å². The quantitative estimate of drug-likeness (QED) is 0.302. The second-order valence-electron chi connectivity index (χ2n) is 5.31. The Hall–Kier alpha value is -0.100. The molecule has 0 aliphatic carbocycles. The molecule has 0 saturated heterocycles. The predicted octanol–water partition coefficient (Wildman–Crippen LogP) is 5.61. The summed E-state index contributed by atoms with van der Waals surface area (Å²) < 4.78 is 0. The van der Waals surface area contributed by atoms with E-state index in [2.05, 4.69) is 45.7 Å². The predicted molar refractivity (Wildman–Crippen MR) is 98.2 cm³/mol. The summed E-state index contributed by atoms with van der Waals surface area (Å²) in [4.78, 5) is 19.9. The highest BCUT2D eigenvalue weighted by atomic mass is 79.9. The van der Waals surface area contributed by atoms with Gasteiger partial charge in [-0.1, -0.05) is 97.1 Å². The van der Waals surface area contributed by atoms with Crippen molar-refractivity contribution in [3.8, 4) is 0 Å². The van der Waals surface area contributed by atoms with Crippen molar-refractivity contribution in [3.05, 3.63) is 0 Å². The number of hydrogen-bond donors (Lipinski definition) is 2. The van der Waals surface area contributed by atoms with E-state index in [9.17, 15) is 9.59 Å². The Morgan fingerprint density at radius 3 is 1.27 bits per heavy atom. The van der Waals surface area contributed by atoms with Crippen molar-refractivity contribution in [3.63, 3.8) is 0 Å². The van der Waals surface area contributed by atoms with Crippen LogP contribution in [0.2, 0.25) is 0 Å². The molecule has 2 N–H and O–H groups in total. The molecule has 0 spiro atoms. The standard InChI is InChI=1S/2C8H15BrO2/c2*1-2-3-4-5-6-7(9)8(10)11/h2*7H,2-6H2,1H3,(H,10,11). The lowest BCUT2D eigenvalue weighted by molar-refractivity contribution is -0.137. The molecule has 2 atom stereocenters. The molecule has 0 aliphatic heterocycles. The number of hydrogen-bond acceptors (Lipinski definition) is 2. The normalized spacial score (nSPS) is 12.9. The van der Waals surface area contributed by atoms with Gasteiger partial charge in [-0.2, -0.15) is 0 Å². The number of aliphatic carboxylic acids is 2. The summed E-state index contributed by atoms with van der Waals surface area (Å²) in [6.07, 6.45) is 10.6. The Kier molecular flexibility index (Phi) is 18.9. The average Bonchev–Trinajstić information content (AvgIpc) is 2.48. The third kappa shape index (κ3) is 18.0. The molecule has 0 rings (SSSR count). The van der Waals surface area contributed by atoms with Gasteiger partial charge < -0.3 is 10.2 Å². The first-order chi connectivity index (χ1) is 10.4. The molecule has 0 aromatic heterocycles. The minimum atomic E-state index is -0.749. The molecule has 0 heterocycles. The Balaban J connectivity index is 0. The minimum Gasteiger partial charge on any atom is -0.480 e. The van der Waals surface area contributed by atoms with Gasteiger partial charge in [-0.25, -0.2) is 0 Å². The molecule has 0 amide bonds. The number of alkyl halides is 2. The van der Waals surface area contributed by atoms with Crippen LogP contribution in [0, 0.1) is 0 Å². The van der Waals surface area contributed by atoms with E-state index in [-0.39, 0.29) is 9.65 Å². The molecule has 0 aliphatic rings. The Labute approximate surface area is 151 Å². The van der Waals surface area contributed by atoms with Crippen LogP contribution in [0.25, 0.3) is 0 Å². The van der Waals surface area contributed by atoms with Gasteiger partial charge in [0.15, 0.2) is 0 Å². The van der Waals surface area contributed by atoms with E-state index in [4.69, 9.17) is 10.2 Å². The van der Waals surface area contributed by atoms with Gasteiger partial charge in [0.2, 0.25) is 0 Å². The van der Waals surface area contributed by atoms with Crippen molar-refractivity contribution in [2.75, 3.05) is 0 Å². The Morgan fingerprint density at radius 1 is 0.727 bits per heavy atom. The maximum absolute atomic E-state index is 10.3. The molecular formula is C16H30Br2O4. The van der Waals surface area contributed by atoms with Crippen LogP contribution in [0.1, 0.15) is 78.1 Å². The van der Waals surface area contributed by atoms with Gasteiger partial charge >= 0.3 is 11.9 Å². The lowest BCUT2D eigenvalue weighted by atomic mass is 10.1. The molecule has 6 heteroatoms. The first-order valence-electron chi connectivity index (χ1n) is 8.10. The first-order valence-corrected chi connectivity index (χ1v) is 9.93. The van der Waals surface area contributed by atoms with Gasteiger partial charge in [0, 0.05) is 0 Å². The van der Waals surface area contributed by atoms with Crippen molar-refractivity contribution in [2.24, 2.45) is 0 Å². The highest BCUT2D eigenvalue weighted by molar-refractivity contribution is 9.10. The van der Waals surface area contributed by atoms with Crippen LogP contribution in [-0.4, -0.2) is 31.8 Å². The minimum absolute atomic E-state index is 0.348. The van der Waals surface area contributed by atoms with E-state index in [0.717, 1.165) is 38.5 Å². The van der Waals surface area contributed by atoms with Gasteiger partial charge in [0.05, 0.1) is 0 Å². The van der Waals surface area contributed by atoms with Crippen LogP contribution in [0.5, 0.6) is 0 Å². The average molecular weight is 446 g/mol. The number of unbranched alkanes of at least 4 members (excludes halogenated alkanes) is 6. The smallest absolute Gasteiger partial charge is 0.317 e. The lowest BCUT2D eigenvalue weighted by Crippen LogP contribution is -2.11. The van der Waals surface area contributed by atoms with Crippen LogP contribution in [-0.2, 0) is 9.59 Å². The van der Waals surface area contributed by atoms with E-state index in [1.807, 2.05) is 0 Å². The van der Waals surface area contributed by atoms with Crippen LogP contribution < -0.4 is 0 Å². The van der Waals surface area contributed by atoms with Gasteiger partial charge in [-0.15, -0.1) is 0 Å². The van der Waals surface area contributed by atoms with Crippen molar-refractivity contribution in [1.29, 1.82) is 0 Å². The second kappa shape index (κ2) is 17.3. The molecule has 0 saturated carbocycles. The summed E-state index contributed by atoms with van der Waals surface area (Å²) >= 11 is 6.19. The molecule has 22 heavy (non-hydrogen) atoms. The number of halogens is 2. The Bertz CT molecular complexity index is 257. The fraction of sp³-hybridized carbons (Fsp3) is 0.875. The molecular weight excluding hydrogens is 416 g/mol. The Morgan fingerprint density at radius 2 is 1.05 bits per heavy atom.